The van der Waals surface area contributed by atoms with E-state index in [-0.39, 0.29) is 5.82 Å². The fraction of sp³-hybridized carbons (Fsp3) is 0.500. The molecule has 84 valence electrons. The number of benzene rings is 1. The van der Waals surface area contributed by atoms with Crippen molar-refractivity contribution in [1.82, 2.24) is 5.32 Å². The second-order valence-electron chi connectivity index (χ2n) is 3.73. The molecule has 0 radical (unpaired) electrons. The van der Waals surface area contributed by atoms with Crippen LogP contribution in [0.25, 0.3) is 0 Å². The van der Waals surface area contributed by atoms with Crippen molar-refractivity contribution in [2.24, 2.45) is 0 Å². The Kier molecular flexibility index (Phi) is 5.26. The van der Waals surface area contributed by atoms with Crippen LogP contribution in [0.4, 0.5) is 4.39 Å². The van der Waals surface area contributed by atoms with E-state index in [1.54, 1.807) is 6.07 Å². The number of hydrogen-bond donors (Lipinski definition) is 1. The molecule has 0 aliphatic carbocycles. The summed E-state index contributed by atoms with van der Waals surface area (Å²) in [5.41, 5.74) is 0.786. The molecule has 1 unspecified atom stereocenters. The van der Waals surface area contributed by atoms with Gasteiger partial charge in [-0.3, -0.25) is 0 Å². The van der Waals surface area contributed by atoms with E-state index in [1.807, 2.05) is 6.07 Å². The summed E-state index contributed by atoms with van der Waals surface area (Å²) >= 11 is 3.35. The number of hydrogen-bond acceptors (Lipinski definition) is 1. The lowest BCUT2D eigenvalue weighted by Crippen LogP contribution is -2.26. The molecule has 0 amide bonds. The van der Waals surface area contributed by atoms with Crippen LogP contribution in [0.15, 0.2) is 22.7 Å². The summed E-state index contributed by atoms with van der Waals surface area (Å²) in [7, 11) is 0. The molecule has 1 N–H and O–H groups in total. The molecule has 0 saturated carbocycles. The number of aryl methyl sites for hydroxylation is 1. The second-order valence-corrected chi connectivity index (χ2v) is 4.65. The number of rotatable bonds is 5. The molecule has 1 aromatic carbocycles. The Hall–Kier alpha value is -0.410. The van der Waals surface area contributed by atoms with E-state index in [2.05, 4.69) is 35.1 Å². The van der Waals surface area contributed by atoms with E-state index >= 15 is 0 Å². The first kappa shape index (κ1) is 12.7. The average Bonchev–Trinajstić information content (AvgIpc) is 2.20. The van der Waals surface area contributed by atoms with Gasteiger partial charge in [0.1, 0.15) is 5.82 Å². The summed E-state index contributed by atoms with van der Waals surface area (Å²) in [6.45, 7) is 5.16. The third-order valence-electron chi connectivity index (χ3n) is 2.41. The van der Waals surface area contributed by atoms with Crippen molar-refractivity contribution in [1.29, 1.82) is 0 Å². The molecule has 0 saturated heterocycles. The first-order chi connectivity index (χ1) is 7.13. The molecule has 3 heteroatoms. The van der Waals surface area contributed by atoms with Crippen LogP contribution in [0.5, 0.6) is 0 Å². The van der Waals surface area contributed by atoms with E-state index in [0.29, 0.717) is 6.04 Å². The molecule has 0 aliphatic heterocycles. The molecule has 0 spiro atoms. The largest absolute Gasteiger partial charge is 0.315 e. The Morgan fingerprint density at radius 3 is 2.87 bits per heavy atom. The predicted molar refractivity (Wildman–Crippen MR) is 65.6 cm³/mol. The van der Waals surface area contributed by atoms with Crippen LogP contribution in [0, 0.1) is 5.82 Å². The van der Waals surface area contributed by atoms with Gasteiger partial charge in [-0.1, -0.05) is 22.9 Å². The van der Waals surface area contributed by atoms with Crippen molar-refractivity contribution in [3.63, 3.8) is 0 Å². The van der Waals surface area contributed by atoms with E-state index in [0.717, 1.165) is 29.4 Å². The Bertz CT molecular complexity index is 314. The van der Waals surface area contributed by atoms with Crippen LogP contribution in [-0.2, 0) is 6.42 Å². The van der Waals surface area contributed by atoms with Gasteiger partial charge in [-0.05, 0) is 50.1 Å². The first-order valence-corrected chi connectivity index (χ1v) is 6.10. The molecular formula is C12H17BrFN. The Morgan fingerprint density at radius 2 is 2.20 bits per heavy atom. The zero-order valence-corrected chi connectivity index (χ0v) is 10.8. The smallest absolute Gasteiger partial charge is 0.126 e. The summed E-state index contributed by atoms with van der Waals surface area (Å²) in [5, 5.41) is 3.32. The Morgan fingerprint density at radius 1 is 1.47 bits per heavy atom. The minimum absolute atomic E-state index is 0.109. The van der Waals surface area contributed by atoms with Crippen molar-refractivity contribution in [2.75, 3.05) is 6.54 Å². The van der Waals surface area contributed by atoms with Gasteiger partial charge in [0.15, 0.2) is 0 Å². The minimum atomic E-state index is -0.109. The number of halogens is 2. The first-order valence-electron chi connectivity index (χ1n) is 5.30. The van der Waals surface area contributed by atoms with Gasteiger partial charge in [0, 0.05) is 10.5 Å². The van der Waals surface area contributed by atoms with Crippen molar-refractivity contribution < 1.29 is 4.39 Å². The highest BCUT2D eigenvalue weighted by molar-refractivity contribution is 9.10. The molecule has 15 heavy (non-hydrogen) atoms. The molecular weight excluding hydrogens is 257 g/mol. The van der Waals surface area contributed by atoms with Gasteiger partial charge in [-0.15, -0.1) is 0 Å². The highest BCUT2D eigenvalue weighted by Crippen LogP contribution is 2.17. The maximum Gasteiger partial charge on any atom is 0.126 e. The molecule has 1 nitrogen and oxygen atoms in total. The zero-order valence-electron chi connectivity index (χ0n) is 9.19. The van der Waals surface area contributed by atoms with Crippen LogP contribution in [-0.4, -0.2) is 12.6 Å². The zero-order chi connectivity index (χ0) is 11.3. The second kappa shape index (κ2) is 6.23. The van der Waals surface area contributed by atoms with E-state index in [4.69, 9.17) is 0 Å². The van der Waals surface area contributed by atoms with Crippen molar-refractivity contribution in [3.05, 3.63) is 34.1 Å². The molecule has 0 aromatic heterocycles. The lowest BCUT2D eigenvalue weighted by atomic mass is 10.1. The van der Waals surface area contributed by atoms with Crippen LogP contribution in [0.2, 0.25) is 0 Å². The standard InChI is InChI=1S/C12H17BrFN/c1-3-15-9(2)4-5-10-8-11(13)6-7-12(10)14/h6-9,15H,3-5H2,1-2H3. The van der Waals surface area contributed by atoms with E-state index in [9.17, 15) is 4.39 Å². The Balaban J connectivity index is 2.53. The summed E-state index contributed by atoms with van der Waals surface area (Å²) in [5.74, 6) is -0.109. The van der Waals surface area contributed by atoms with Gasteiger partial charge >= 0.3 is 0 Å². The molecule has 0 bridgehead atoms. The van der Waals surface area contributed by atoms with E-state index < -0.39 is 0 Å². The van der Waals surface area contributed by atoms with Crippen molar-refractivity contribution in [3.8, 4) is 0 Å². The minimum Gasteiger partial charge on any atom is -0.315 e. The van der Waals surface area contributed by atoms with Gasteiger partial charge in [-0.25, -0.2) is 4.39 Å². The number of nitrogens with one attached hydrogen (secondary N) is 1. The van der Waals surface area contributed by atoms with E-state index in [1.165, 1.54) is 6.07 Å². The van der Waals surface area contributed by atoms with Crippen molar-refractivity contribution in [2.45, 2.75) is 32.7 Å². The average molecular weight is 274 g/mol. The van der Waals surface area contributed by atoms with Gasteiger partial charge < -0.3 is 5.32 Å². The highest BCUT2D eigenvalue weighted by Gasteiger charge is 2.05. The lowest BCUT2D eigenvalue weighted by Gasteiger charge is -2.12. The third-order valence-corrected chi connectivity index (χ3v) is 2.90. The maximum absolute atomic E-state index is 13.4. The lowest BCUT2D eigenvalue weighted by molar-refractivity contribution is 0.520. The fourth-order valence-electron chi connectivity index (χ4n) is 1.56. The molecule has 1 atom stereocenters. The third kappa shape index (κ3) is 4.31. The highest BCUT2D eigenvalue weighted by atomic mass is 79.9. The monoisotopic (exact) mass is 273 g/mol. The molecule has 0 heterocycles. The maximum atomic E-state index is 13.4. The quantitative estimate of drug-likeness (QED) is 0.866. The van der Waals surface area contributed by atoms with Crippen LogP contribution in [0.3, 0.4) is 0 Å². The molecule has 1 aromatic rings. The normalized spacial score (nSPS) is 12.8. The topological polar surface area (TPSA) is 12.0 Å². The molecule has 1 rings (SSSR count). The molecule has 0 fully saturated rings. The summed E-state index contributed by atoms with van der Waals surface area (Å²) in [4.78, 5) is 0. The van der Waals surface area contributed by atoms with Gasteiger partial charge in [0.05, 0.1) is 0 Å². The summed E-state index contributed by atoms with van der Waals surface area (Å²) in [6.07, 6.45) is 1.74. The van der Waals surface area contributed by atoms with Gasteiger partial charge in [0.2, 0.25) is 0 Å². The van der Waals surface area contributed by atoms with Crippen LogP contribution >= 0.6 is 15.9 Å². The van der Waals surface area contributed by atoms with Crippen molar-refractivity contribution >= 4 is 15.9 Å². The summed E-state index contributed by atoms with van der Waals surface area (Å²) in [6, 6.07) is 5.53. The fourth-order valence-corrected chi connectivity index (χ4v) is 1.97. The Labute approximate surface area is 99.2 Å². The summed E-state index contributed by atoms with van der Waals surface area (Å²) < 4.78 is 14.3. The molecule has 0 aliphatic rings. The van der Waals surface area contributed by atoms with Gasteiger partial charge in [0.25, 0.3) is 0 Å². The van der Waals surface area contributed by atoms with Crippen LogP contribution in [0.1, 0.15) is 25.8 Å². The predicted octanol–water partition coefficient (Wildman–Crippen LogP) is 3.52. The SMILES string of the molecule is CCNC(C)CCc1cc(Br)ccc1F. The van der Waals surface area contributed by atoms with Crippen LogP contribution < -0.4 is 5.32 Å². The van der Waals surface area contributed by atoms with Gasteiger partial charge in [-0.2, -0.15) is 0 Å².